The monoisotopic (exact) mass is 415 g/mol. The number of hydrogen-bond donors (Lipinski definition) is 1. The summed E-state index contributed by atoms with van der Waals surface area (Å²) in [6.07, 6.45) is -0.993. The van der Waals surface area contributed by atoms with E-state index in [1.807, 2.05) is 6.07 Å². The lowest BCUT2D eigenvalue weighted by atomic mass is 10.1. The van der Waals surface area contributed by atoms with Gasteiger partial charge in [-0.15, -0.1) is 0 Å². The van der Waals surface area contributed by atoms with Gasteiger partial charge in [0, 0.05) is 22.5 Å². The van der Waals surface area contributed by atoms with E-state index in [1.54, 1.807) is 37.3 Å². The van der Waals surface area contributed by atoms with Crippen molar-refractivity contribution >= 4 is 34.4 Å². The van der Waals surface area contributed by atoms with Gasteiger partial charge in [0.1, 0.15) is 5.58 Å². The number of benzene rings is 2. The molecule has 0 saturated carbocycles. The van der Waals surface area contributed by atoms with Crippen LogP contribution in [0.4, 0.5) is 0 Å². The number of rotatable bonds is 5. The Morgan fingerprint density at radius 2 is 1.97 bits per heavy atom. The minimum atomic E-state index is -0.993. The summed E-state index contributed by atoms with van der Waals surface area (Å²) < 4.78 is 21.4. The van der Waals surface area contributed by atoms with Crippen LogP contribution in [0.1, 0.15) is 28.6 Å². The summed E-state index contributed by atoms with van der Waals surface area (Å²) in [5, 5.41) is 4.00. The minimum Gasteiger partial charge on any atom is -0.454 e. The Hall–Kier alpha value is -3.19. The SMILES string of the molecule is Cc1c(C(=O)O[C@@H](C)C(=O)NCc2ccc3c(c2)OCO3)oc2ccc(Cl)cc12. The van der Waals surface area contributed by atoms with Crippen LogP contribution in [-0.2, 0) is 16.1 Å². The number of esters is 1. The molecule has 1 aromatic heterocycles. The van der Waals surface area contributed by atoms with Crippen LogP contribution in [0.15, 0.2) is 40.8 Å². The first-order valence-electron chi connectivity index (χ1n) is 8.98. The van der Waals surface area contributed by atoms with E-state index < -0.39 is 18.0 Å². The molecule has 1 aliphatic heterocycles. The molecule has 0 saturated heterocycles. The first kappa shape index (κ1) is 19.1. The second kappa shape index (κ2) is 7.67. The van der Waals surface area contributed by atoms with Gasteiger partial charge < -0.3 is 23.9 Å². The summed E-state index contributed by atoms with van der Waals surface area (Å²) >= 11 is 6.00. The molecule has 1 atom stereocenters. The summed E-state index contributed by atoms with van der Waals surface area (Å²) in [6.45, 7) is 3.69. The maximum Gasteiger partial charge on any atom is 0.375 e. The number of halogens is 1. The fourth-order valence-electron chi connectivity index (χ4n) is 3.04. The fourth-order valence-corrected chi connectivity index (χ4v) is 3.21. The van der Waals surface area contributed by atoms with E-state index in [2.05, 4.69) is 5.32 Å². The normalized spacial score (nSPS) is 13.3. The van der Waals surface area contributed by atoms with Crippen molar-refractivity contribution in [2.45, 2.75) is 26.5 Å². The van der Waals surface area contributed by atoms with Crippen molar-refractivity contribution in [2.75, 3.05) is 6.79 Å². The molecule has 1 N–H and O–H groups in total. The van der Waals surface area contributed by atoms with Crippen molar-refractivity contribution in [3.05, 3.63) is 58.3 Å². The number of amides is 1. The number of carbonyl (C=O) groups is 2. The predicted molar refractivity (Wildman–Crippen MR) is 105 cm³/mol. The second-order valence-corrected chi connectivity index (χ2v) is 7.09. The van der Waals surface area contributed by atoms with Crippen molar-refractivity contribution in [3.63, 3.8) is 0 Å². The van der Waals surface area contributed by atoms with E-state index >= 15 is 0 Å². The van der Waals surface area contributed by atoms with Gasteiger partial charge in [-0.05, 0) is 49.7 Å². The van der Waals surface area contributed by atoms with Crippen LogP contribution in [0.3, 0.4) is 0 Å². The number of hydrogen-bond acceptors (Lipinski definition) is 6. The van der Waals surface area contributed by atoms with Gasteiger partial charge in [0.05, 0.1) is 0 Å². The largest absolute Gasteiger partial charge is 0.454 e. The van der Waals surface area contributed by atoms with Crippen LogP contribution in [0.2, 0.25) is 5.02 Å². The maximum absolute atomic E-state index is 12.5. The molecular weight excluding hydrogens is 398 g/mol. The number of carbonyl (C=O) groups excluding carboxylic acids is 2. The lowest BCUT2D eigenvalue weighted by Gasteiger charge is -2.13. The van der Waals surface area contributed by atoms with Crippen molar-refractivity contribution in [1.82, 2.24) is 5.32 Å². The van der Waals surface area contributed by atoms with Gasteiger partial charge in [0.2, 0.25) is 12.6 Å². The fraction of sp³-hybridized carbons (Fsp3) is 0.238. The van der Waals surface area contributed by atoms with Crippen LogP contribution < -0.4 is 14.8 Å². The van der Waals surface area contributed by atoms with Crippen LogP contribution in [0.5, 0.6) is 11.5 Å². The number of furan rings is 1. The van der Waals surface area contributed by atoms with E-state index in [-0.39, 0.29) is 19.1 Å². The molecule has 3 aromatic rings. The zero-order valence-corrected chi connectivity index (χ0v) is 16.5. The van der Waals surface area contributed by atoms with E-state index in [4.69, 9.17) is 30.2 Å². The van der Waals surface area contributed by atoms with Crippen LogP contribution in [-0.4, -0.2) is 24.8 Å². The lowest BCUT2D eigenvalue weighted by molar-refractivity contribution is -0.129. The van der Waals surface area contributed by atoms with E-state index in [1.165, 1.54) is 6.92 Å². The second-order valence-electron chi connectivity index (χ2n) is 6.65. The molecule has 0 aliphatic carbocycles. The highest BCUT2D eigenvalue weighted by Gasteiger charge is 2.24. The van der Waals surface area contributed by atoms with Gasteiger partial charge in [-0.25, -0.2) is 4.79 Å². The van der Waals surface area contributed by atoms with E-state index in [9.17, 15) is 9.59 Å². The number of fused-ring (bicyclic) bond motifs is 2. The molecule has 0 fully saturated rings. The highest BCUT2D eigenvalue weighted by atomic mass is 35.5. The average molecular weight is 416 g/mol. The Balaban J connectivity index is 1.38. The number of aryl methyl sites for hydroxylation is 1. The molecular formula is C21H18ClNO6. The van der Waals surface area contributed by atoms with Crippen molar-refractivity contribution < 1.29 is 28.2 Å². The van der Waals surface area contributed by atoms with Gasteiger partial charge in [0.15, 0.2) is 17.6 Å². The summed E-state index contributed by atoms with van der Waals surface area (Å²) in [7, 11) is 0. The summed E-state index contributed by atoms with van der Waals surface area (Å²) in [4.78, 5) is 24.8. The minimum absolute atomic E-state index is 0.0534. The van der Waals surface area contributed by atoms with Gasteiger partial charge in [-0.3, -0.25) is 4.79 Å². The summed E-state index contributed by atoms with van der Waals surface area (Å²) in [5.41, 5.74) is 1.98. The van der Waals surface area contributed by atoms with Crippen molar-refractivity contribution in [3.8, 4) is 11.5 Å². The van der Waals surface area contributed by atoms with Gasteiger partial charge in [0.25, 0.3) is 5.91 Å². The summed E-state index contributed by atoms with van der Waals surface area (Å²) in [6, 6.07) is 10.5. The Morgan fingerprint density at radius 3 is 2.79 bits per heavy atom. The number of nitrogens with one attached hydrogen (secondary N) is 1. The van der Waals surface area contributed by atoms with Gasteiger partial charge >= 0.3 is 5.97 Å². The molecule has 150 valence electrons. The number of ether oxygens (including phenoxy) is 3. The highest BCUT2D eigenvalue weighted by Crippen LogP contribution is 2.32. The molecule has 0 bridgehead atoms. The molecule has 29 heavy (non-hydrogen) atoms. The standard InChI is InChI=1S/C21H18ClNO6/c1-11-15-8-14(22)4-6-16(15)29-19(11)21(25)28-12(2)20(24)23-9-13-3-5-17-18(7-13)27-10-26-17/h3-8,12H,9-10H2,1-2H3,(H,23,24)/t12-/m0/s1. The maximum atomic E-state index is 12.5. The van der Waals surface area contributed by atoms with E-state index in [0.29, 0.717) is 27.7 Å². The molecule has 0 radical (unpaired) electrons. The Bertz CT molecular complexity index is 1110. The Labute approximate surface area is 171 Å². The Morgan fingerprint density at radius 1 is 1.17 bits per heavy atom. The molecule has 0 unspecified atom stereocenters. The topological polar surface area (TPSA) is 87.0 Å². The van der Waals surface area contributed by atoms with Crippen LogP contribution in [0.25, 0.3) is 11.0 Å². The summed E-state index contributed by atoms with van der Waals surface area (Å²) in [5.74, 6) is 0.229. The van der Waals surface area contributed by atoms with Crippen molar-refractivity contribution in [1.29, 1.82) is 0 Å². The van der Waals surface area contributed by atoms with Crippen molar-refractivity contribution in [2.24, 2.45) is 0 Å². The average Bonchev–Trinajstić information content (AvgIpc) is 3.30. The third-order valence-electron chi connectivity index (χ3n) is 4.64. The highest BCUT2D eigenvalue weighted by molar-refractivity contribution is 6.31. The Kier molecular flexibility index (Phi) is 5.07. The lowest BCUT2D eigenvalue weighted by Crippen LogP contribution is -2.35. The predicted octanol–water partition coefficient (Wildman–Crippen LogP) is 3.99. The molecule has 1 aliphatic rings. The van der Waals surface area contributed by atoms with Gasteiger partial charge in [-0.2, -0.15) is 0 Å². The quantitative estimate of drug-likeness (QED) is 0.634. The molecule has 0 spiro atoms. The molecule has 1 amide bonds. The molecule has 2 aromatic carbocycles. The molecule has 2 heterocycles. The third-order valence-corrected chi connectivity index (χ3v) is 4.88. The molecule has 8 heteroatoms. The van der Waals surface area contributed by atoms with Crippen LogP contribution in [0, 0.1) is 6.92 Å². The zero-order valence-electron chi connectivity index (χ0n) is 15.8. The first-order chi connectivity index (χ1) is 13.9. The van der Waals surface area contributed by atoms with Gasteiger partial charge in [-0.1, -0.05) is 17.7 Å². The third kappa shape index (κ3) is 3.86. The first-order valence-corrected chi connectivity index (χ1v) is 9.36. The smallest absolute Gasteiger partial charge is 0.375 e. The van der Waals surface area contributed by atoms with E-state index in [0.717, 1.165) is 10.9 Å². The molecule has 7 nitrogen and oxygen atoms in total. The molecule has 4 rings (SSSR count). The zero-order chi connectivity index (χ0) is 20.5. The van der Waals surface area contributed by atoms with Crippen LogP contribution >= 0.6 is 11.6 Å².